The van der Waals surface area contributed by atoms with E-state index >= 15 is 0 Å². The molecule has 0 aromatic heterocycles. The molecule has 5 heteroatoms. The van der Waals surface area contributed by atoms with Crippen molar-refractivity contribution in [3.05, 3.63) is 29.6 Å². The number of anilines is 1. The highest BCUT2D eigenvalue weighted by atomic mass is 19.1. The normalized spacial score (nSPS) is 15.8. The molecule has 108 valence electrons. The average Bonchev–Trinajstić information content (AvgIpc) is 2.47. The van der Waals surface area contributed by atoms with E-state index in [1.807, 2.05) is 6.07 Å². The summed E-state index contributed by atoms with van der Waals surface area (Å²) in [5.41, 5.74) is 0.974. The minimum Gasteiger partial charge on any atom is -0.385 e. The summed E-state index contributed by atoms with van der Waals surface area (Å²) in [5, 5.41) is 15.2. The van der Waals surface area contributed by atoms with E-state index in [4.69, 9.17) is 10.00 Å². The van der Waals surface area contributed by atoms with Gasteiger partial charge in [-0.2, -0.15) is 5.26 Å². The second kappa shape index (κ2) is 7.83. The lowest BCUT2D eigenvalue weighted by Gasteiger charge is -2.22. The van der Waals surface area contributed by atoms with E-state index in [0.717, 1.165) is 32.4 Å². The Morgan fingerprint density at radius 2 is 2.15 bits per heavy atom. The molecule has 0 spiro atoms. The van der Waals surface area contributed by atoms with E-state index in [9.17, 15) is 4.39 Å². The molecule has 20 heavy (non-hydrogen) atoms. The van der Waals surface area contributed by atoms with Gasteiger partial charge in [0.15, 0.2) is 0 Å². The summed E-state index contributed by atoms with van der Waals surface area (Å²) in [6.45, 7) is 3.48. The van der Waals surface area contributed by atoms with Gasteiger partial charge in [0.2, 0.25) is 0 Å². The molecule has 0 unspecified atom stereocenters. The molecule has 0 saturated carbocycles. The van der Waals surface area contributed by atoms with Crippen LogP contribution >= 0.6 is 0 Å². The predicted octanol–water partition coefficient (Wildman–Crippen LogP) is 2.27. The highest BCUT2D eigenvalue weighted by Crippen LogP contribution is 2.13. The molecule has 1 aromatic carbocycles. The number of nitrogens with one attached hydrogen (secondary N) is 2. The third-order valence-electron chi connectivity index (χ3n) is 3.32. The fourth-order valence-corrected chi connectivity index (χ4v) is 2.27. The first-order chi connectivity index (χ1) is 9.78. The predicted molar refractivity (Wildman–Crippen MR) is 76.1 cm³/mol. The van der Waals surface area contributed by atoms with Gasteiger partial charge in [-0.3, -0.25) is 0 Å². The van der Waals surface area contributed by atoms with Crippen molar-refractivity contribution >= 4 is 5.69 Å². The SMILES string of the molecule is N#Cc1cc(F)cc(NCCCOC2CCNCC2)c1. The molecule has 1 aliphatic heterocycles. The molecular weight excluding hydrogens is 257 g/mol. The van der Waals surface area contributed by atoms with E-state index in [0.29, 0.717) is 30.5 Å². The Morgan fingerprint density at radius 3 is 2.90 bits per heavy atom. The first-order valence-corrected chi connectivity index (χ1v) is 7.05. The fourth-order valence-electron chi connectivity index (χ4n) is 2.27. The summed E-state index contributed by atoms with van der Waals surface area (Å²) in [4.78, 5) is 0. The lowest BCUT2D eigenvalue weighted by atomic mass is 10.1. The van der Waals surface area contributed by atoms with Crippen LogP contribution in [-0.4, -0.2) is 32.3 Å². The molecule has 2 N–H and O–H groups in total. The van der Waals surface area contributed by atoms with Crippen LogP contribution in [0.1, 0.15) is 24.8 Å². The molecule has 1 fully saturated rings. The second-order valence-electron chi connectivity index (χ2n) is 4.94. The van der Waals surface area contributed by atoms with Gasteiger partial charge < -0.3 is 15.4 Å². The summed E-state index contributed by atoms with van der Waals surface area (Å²) in [6, 6.07) is 6.22. The molecule has 0 radical (unpaired) electrons. The van der Waals surface area contributed by atoms with Crippen LogP contribution in [0.25, 0.3) is 0 Å². The molecule has 0 amide bonds. The standard InChI is InChI=1S/C15H20FN3O/c16-13-8-12(11-17)9-14(10-13)19-4-1-7-20-15-2-5-18-6-3-15/h8-10,15,18-19H,1-7H2. The number of benzene rings is 1. The van der Waals surface area contributed by atoms with Gasteiger partial charge in [-0.15, -0.1) is 0 Å². The van der Waals surface area contributed by atoms with E-state index < -0.39 is 5.82 Å². The Bertz CT molecular complexity index is 467. The average molecular weight is 277 g/mol. The van der Waals surface area contributed by atoms with E-state index in [1.54, 1.807) is 6.07 Å². The third-order valence-corrected chi connectivity index (χ3v) is 3.32. The topological polar surface area (TPSA) is 57.1 Å². The van der Waals surface area contributed by atoms with Crippen LogP contribution in [0, 0.1) is 17.1 Å². The van der Waals surface area contributed by atoms with Crippen LogP contribution in [0.5, 0.6) is 0 Å². The lowest BCUT2D eigenvalue weighted by Crippen LogP contribution is -2.32. The van der Waals surface area contributed by atoms with Gasteiger partial charge >= 0.3 is 0 Å². The first-order valence-electron chi connectivity index (χ1n) is 7.05. The van der Waals surface area contributed by atoms with Crippen LogP contribution in [0.15, 0.2) is 18.2 Å². The number of hydrogen-bond acceptors (Lipinski definition) is 4. The van der Waals surface area contributed by atoms with E-state index in [2.05, 4.69) is 10.6 Å². The smallest absolute Gasteiger partial charge is 0.126 e. The third kappa shape index (κ3) is 4.80. The van der Waals surface area contributed by atoms with Gasteiger partial charge in [0.05, 0.1) is 17.7 Å². The Morgan fingerprint density at radius 1 is 1.35 bits per heavy atom. The molecule has 0 atom stereocenters. The molecule has 1 aromatic rings. The zero-order valence-electron chi connectivity index (χ0n) is 11.5. The van der Waals surface area contributed by atoms with Crippen molar-refractivity contribution in [1.29, 1.82) is 5.26 Å². The van der Waals surface area contributed by atoms with Crippen LogP contribution in [0.3, 0.4) is 0 Å². The summed E-state index contributed by atoms with van der Waals surface area (Å²) in [5.74, 6) is -0.391. The molecular formula is C15H20FN3O. The maximum absolute atomic E-state index is 13.2. The molecule has 2 rings (SSSR count). The Kier molecular flexibility index (Phi) is 5.78. The number of ether oxygens (including phenoxy) is 1. The minimum absolute atomic E-state index is 0.332. The second-order valence-corrected chi connectivity index (χ2v) is 4.94. The van der Waals surface area contributed by atoms with Crippen LogP contribution in [-0.2, 0) is 4.74 Å². The minimum atomic E-state index is -0.391. The summed E-state index contributed by atoms with van der Waals surface area (Å²) < 4.78 is 19.0. The Hall–Kier alpha value is -1.64. The highest BCUT2D eigenvalue weighted by molar-refractivity contribution is 5.49. The van der Waals surface area contributed by atoms with Crippen molar-refractivity contribution in [2.75, 3.05) is 31.6 Å². The quantitative estimate of drug-likeness (QED) is 0.783. The Balaban J connectivity index is 1.65. The van der Waals surface area contributed by atoms with Crippen molar-refractivity contribution in [2.24, 2.45) is 0 Å². The Labute approximate surface area is 118 Å². The zero-order chi connectivity index (χ0) is 14.2. The monoisotopic (exact) mass is 277 g/mol. The first kappa shape index (κ1) is 14.8. The van der Waals surface area contributed by atoms with Crippen molar-refractivity contribution in [3.63, 3.8) is 0 Å². The van der Waals surface area contributed by atoms with E-state index in [1.165, 1.54) is 12.1 Å². The number of rotatable bonds is 6. The molecule has 1 aliphatic rings. The number of nitrogens with zero attached hydrogens (tertiary/aromatic N) is 1. The number of halogens is 1. The molecule has 0 aliphatic carbocycles. The number of piperidine rings is 1. The number of nitriles is 1. The summed E-state index contributed by atoms with van der Waals surface area (Å²) in [6.07, 6.45) is 3.38. The van der Waals surface area contributed by atoms with Crippen molar-refractivity contribution in [3.8, 4) is 6.07 Å². The van der Waals surface area contributed by atoms with Crippen LogP contribution < -0.4 is 10.6 Å². The van der Waals surface area contributed by atoms with Crippen molar-refractivity contribution < 1.29 is 9.13 Å². The summed E-state index contributed by atoms with van der Waals surface area (Å²) >= 11 is 0. The molecule has 1 saturated heterocycles. The number of hydrogen-bond donors (Lipinski definition) is 2. The largest absolute Gasteiger partial charge is 0.385 e. The van der Waals surface area contributed by atoms with Crippen molar-refractivity contribution in [1.82, 2.24) is 5.32 Å². The van der Waals surface area contributed by atoms with Gasteiger partial charge in [0, 0.05) is 18.8 Å². The van der Waals surface area contributed by atoms with Crippen molar-refractivity contribution in [2.45, 2.75) is 25.4 Å². The molecule has 4 nitrogen and oxygen atoms in total. The van der Waals surface area contributed by atoms with Gasteiger partial charge in [-0.25, -0.2) is 4.39 Å². The van der Waals surface area contributed by atoms with Gasteiger partial charge in [-0.1, -0.05) is 0 Å². The maximum atomic E-state index is 13.2. The zero-order valence-corrected chi connectivity index (χ0v) is 11.5. The van der Waals surface area contributed by atoms with Gasteiger partial charge in [-0.05, 0) is 50.6 Å². The summed E-state index contributed by atoms with van der Waals surface area (Å²) in [7, 11) is 0. The lowest BCUT2D eigenvalue weighted by molar-refractivity contribution is 0.0329. The maximum Gasteiger partial charge on any atom is 0.126 e. The fraction of sp³-hybridized carbons (Fsp3) is 0.533. The van der Waals surface area contributed by atoms with Crippen LogP contribution in [0.2, 0.25) is 0 Å². The van der Waals surface area contributed by atoms with Gasteiger partial charge in [0.25, 0.3) is 0 Å². The van der Waals surface area contributed by atoms with Crippen LogP contribution in [0.4, 0.5) is 10.1 Å². The van der Waals surface area contributed by atoms with E-state index in [-0.39, 0.29) is 0 Å². The highest BCUT2D eigenvalue weighted by Gasteiger charge is 2.12. The molecule has 0 bridgehead atoms. The molecule has 1 heterocycles. The van der Waals surface area contributed by atoms with Gasteiger partial charge in [0.1, 0.15) is 5.82 Å².